The Morgan fingerprint density at radius 1 is 1.11 bits per heavy atom. The quantitative estimate of drug-likeness (QED) is 0.822. The van der Waals surface area contributed by atoms with Crippen LogP contribution in [-0.4, -0.2) is 40.8 Å². The van der Waals surface area contributed by atoms with E-state index in [0.717, 1.165) is 38.5 Å². The highest BCUT2D eigenvalue weighted by Crippen LogP contribution is 2.12. The molecule has 1 aliphatic rings. The second kappa shape index (κ2) is 5.33. The molecule has 1 saturated heterocycles. The molecule has 1 aromatic heterocycles. The van der Waals surface area contributed by atoms with Crippen LogP contribution in [0.25, 0.3) is 5.69 Å². The van der Waals surface area contributed by atoms with Gasteiger partial charge in [0.15, 0.2) is 0 Å². The van der Waals surface area contributed by atoms with Gasteiger partial charge in [-0.3, -0.25) is 4.90 Å². The van der Waals surface area contributed by atoms with E-state index in [1.807, 2.05) is 17.1 Å². The van der Waals surface area contributed by atoms with Gasteiger partial charge in [-0.15, -0.1) is 0 Å². The Morgan fingerprint density at radius 3 is 2.56 bits per heavy atom. The van der Waals surface area contributed by atoms with Crippen LogP contribution in [0.4, 0.5) is 0 Å². The largest absolute Gasteiger partial charge is 0.379 e. The number of aromatic nitrogens is 2. The Labute approximate surface area is 107 Å². The molecular formula is C14H17N3O. The Hall–Kier alpha value is -1.65. The molecule has 1 aromatic carbocycles. The second-order valence-electron chi connectivity index (χ2n) is 4.52. The van der Waals surface area contributed by atoms with Crippen molar-refractivity contribution in [2.24, 2.45) is 0 Å². The molecule has 2 aromatic rings. The summed E-state index contributed by atoms with van der Waals surface area (Å²) >= 11 is 0. The third-order valence-electron chi connectivity index (χ3n) is 3.25. The molecule has 18 heavy (non-hydrogen) atoms. The zero-order valence-corrected chi connectivity index (χ0v) is 10.3. The first-order chi connectivity index (χ1) is 8.92. The molecule has 3 rings (SSSR count). The third kappa shape index (κ3) is 2.60. The summed E-state index contributed by atoms with van der Waals surface area (Å²) in [7, 11) is 0. The van der Waals surface area contributed by atoms with Crippen LogP contribution in [0.15, 0.2) is 43.0 Å². The fraction of sp³-hybridized carbons (Fsp3) is 0.357. The summed E-state index contributed by atoms with van der Waals surface area (Å²) < 4.78 is 7.37. The highest BCUT2D eigenvalue weighted by Gasteiger charge is 2.10. The minimum absolute atomic E-state index is 0.854. The van der Waals surface area contributed by atoms with Gasteiger partial charge in [0.1, 0.15) is 0 Å². The van der Waals surface area contributed by atoms with Gasteiger partial charge in [0.25, 0.3) is 0 Å². The lowest BCUT2D eigenvalue weighted by atomic mass is 10.2. The van der Waals surface area contributed by atoms with Crippen LogP contribution in [0, 0.1) is 0 Å². The highest BCUT2D eigenvalue weighted by molar-refractivity contribution is 5.34. The van der Waals surface area contributed by atoms with Crippen LogP contribution in [-0.2, 0) is 11.3 Å². The Kier molecular flexibility index (Phi) is 3.39. The summed E-state index contributed by atoms with van der Waals surface area (Å²) in [4.78, 5) is 6.48. The lowest BCUT2D eigenvalue weighted by Gasteiger charge is -2.26. The molecule has 0 N–H and O–H groups in total. The number of imidazole rings is 1. The van der Waals surface area contributed by atoms with E-state index < -0.39 is 0 Å². The van der Waals surface area contributed by atoms with Gasteiger partial charge in [0, 0.05) is 37.7 Å². The van der Waals surface area contributed by atoms with E-state index in [2.05, 4.69) is 34.1 Å². The van der Waals surface area contributed by atoms with Crippen molar-refractivity contribution >= 4 is 0 Å². The molecule has 0 radical (unpaired) electrons. The molecule has 4 heteroatoms. The number of morpholine rings is 1. The summed E-state index contributed by atoms with van der Waals surface area (Å²) in [6.45, 7) is 4.78. The number of benzene rings is 1. The van der Waals surface area contributed by atoms with Crippen LogP contribution in [0.3, 0.4) is 0 Å². The van der Waals surface area contributed by atoms with E-state index in [4.69, 9.17) is 4.74 Å². The monoisotopic (exact) mass is 243 g/mol. The highest BCUT2D eigenvalue weighted by atomic mass is 16.5. The topological polar surface area (TPSA) is 30.3 Å². The van der Waals surface area contributed by atoms with Crippen LogP contribution >= 0.6 is 0 Å². The fourth-order valence-corrected chi connectivity index (χ4v) is 2.20. The molecule has 0 spiro atoms. The lowest BCUT2D eigenvalue weighted by Crippen LogP contribution is -2.35. The maximum absolute atomic E-state index is 5.35. The average molecular weight is 243 g/mol. The van der Waals surface area contributed by atoms with Crippen LogP contribution < -0.4 is 0 Å². The molecule has 0 aliphatic carbocycles. The van der Waals surface area contributed by atoms with Crippen molar-refractivity contribution in [1.82, 2.24) is 14.5 Å². The molecule has 4 nitrogen and oxygen atoms in total. The van der Waals surface area contributed by atoms with Crippen molar-refractivity contribution in [3.8, 4) is 5.69 Å². The molecule has 1 aliphatic heterocycles. The predicted molar refractivity (Wildman–Crippen MR) is 69.7 cm³/mol. The number of hydrogen-bond acceptors (Lipinski definition) is 3. The Bertz CT molecular complexity index is 472. The first kappa shape index (κ1) is 11.4. The molecule has 0 amide bonds. The lowest BCUT2D eigenvalue weighted by molar-refractivity contribution is 0.0342. The normalized spacial score (nSPS) is 16.9. The van der Waals surface area contributed by atoms with Crippen molar-refractivity contribution in [2.75, 3.05) is 26.3 Å². The van der Waals surface area contributed by atoms with Crippen LogP contribution in [0.1, 0.15) is 5.56 Å². The maximum atomic E-state index is 5.35. The van der Waals surface area contributed by atoms with Crippen molar-refractivity contribution in [1.29, 1.82) is 0 Å². The first-order valence-corrected chi connectivity index (χ1v) is 6.29. The minimum atomic E-state index is 0.854. The van der Waals surface area contributed by atoms with E-state index in [9.17, 15) is 0 Å². The van der Waals surface area contributed by atoms with Crippen LogP contribution in [0.2, 0.25) is 0 Å². The van der Waals surface area contributed by atoms with Gasteiger partial charge in [-0.2, -0.15) is 0 Å². The molecule has 1 fully saturated rings. The number of nitrogens with zero attached hydrogens (tertiary/aromatic N) is 3. The van der Waals surface area contributed by atoms with Crippen molar-refractivity contribution in [3.63, 3.8) is 0 Å². The van der Waals surface area contributed by atoms with E-state index >= 15 is 0 Å². The van der Waals surface area contributed by atoms with E-state index in [-0.39, 0.29) is 0 Å². The molecular weight excluding hydrogens is 226 g/mol. The van der Waals surface area contributed by atoms with Gasteiger partial charge in [-0.25, -0.2) is 4.98 Å². The van der Waals surface area contributed by atoms with E-state index in [1.54, 1.807) is 6.20 Å². The molecule has 0 bridgehead atoms. The molecule has 94 valence electrons. The predicted octanol–water partition coefficient (Wildman–Crippen LogP) is 1.70. The zero-order valence-electron chi connectivity index (χ0n) is 10.3. The number of hydrogen-bond donors (Lipinski definition) is 0. The van der Waals surface area contributed by atoms with Crippen molar-refractivity contribution in [2.45, 2.75) is 6.54 Å². The van der Waals surface area contributed by atoms with Gasteiger partial charge in [-0.1, -0.05) is 12.1 Å². The zero-order chi connectivity index (χ0) is 12.2. The Balaban J connectivity index is 1.67. The first-order valence-electron chi connectivity index (χ1n) is 6.29. The summed E-state index contributed by atoms with van der Waals surface area (Å²) in [5.74, 6) is 0. The SMILES string of the molecule is c1cn(-c2ccc(CN3CCOCC3)cc2)cn1. The Morgan fingerprint density at radius 2 is 1.89 bits per heavy atom. The maximum Gasteiger partial charge on any atom is 0.0991 e. The third-order valence-corrected chi connectivity index (χ3v) is 3.25. The van der Waals surface area contributed by atoms with Crippen LogP contribution in [0.5, 0.6) is 0 Å². The van der Waals surface area contributed by atoms with Gasteiger partial charge in [0.2, 0.25) is 0 Å². The van der Waals surface area contributed by atoms with E-state index in [0.29, 0.717) is 0 Å². The fourth-order valence-electron chi connectivity index (χ4n) is 2.20. The smallest absolute Gasteiger partial charge is 0.0991 e. The average Bonchev–Trinajstić information content (AvgIpc) is 2.95. The van der Waals surface area contributed by atoms with Gasteiger partial charge < -0.3 is 9.30 Å². The van der Waals surface area contributed by atoms with Gasteiger partial charge >= 0.3 is 0 Å². The standard InChI is InChI=1S/C14H17N3O/c1-3-14(17-6-5-15-12-17)4-2-13(1)11-16-7-9-18-10-8-16/h1-6,12H,7-11H2. The van der Waals surface area contributed by atoms with Crippen molar-refractivity contribution in [3.05, 3.63) is 48.5 Å². The van der Waals surface area contributed by atoms with Gasteiger partial charge in [-0.05, 0) is 17.7 Å². The molecule has 2 heterocycles. The van der Waals surface area contributed by atoms with Crippen molar-refractivity contribution < 1.29 is 4.74 Å². The molecule has 0 unspecified atom stereocenters. The molecule has 0 saturated carbocycles. The van der Waals surface area contributed by atoms with Gasteiger partial charge in [0.05, 0.1) is 19.5 Å². The molecule has 0 atom stereocenters. The summed E-state index contributed by atoms with van der Waals surface area (Å²) in [5.41, 5.74) is 2.50. The van der Waals surface area contributed by atoms with E-state index in [1.165, 1.54) is 5.56 Å². The minimum Gasteiger partial charge on any atom is -0.379 e. The number of ether oxygens (including phenoxy) is 1. The summed E-state index contributed by atoms with van der Waals surface area (Å²) in [6.07, 6.45) is 5.57. The summed E-state index contributed by atoms with van der Waals surface area (Å²) in [6, 6.07) is 8.64. The number of rotatable bonds is 3. The summed E-state index contributed by atoms with van der Waals surface area (Å²) in [5, 5.41) is 0. The second-order valence-corrected chi connectivity index (χ2v) is 4.52.